The third kappa shape index (κ3) is 12.3. The molecule has 2 aromatic carbocycles. The Hall–Kier alpha value is -2.21. The Morgan fingerprint density at radius 1 is 0.703 bits per heavy atom. The summed E-state index contributed by atoms with van der Waals surface area (Å²) in [5.41, 5.74) is 0.484. The van der Waals surface area contributed by atoms with Crippen molar-refractivity contribution in [1.82, 2.24) is 0 Å². The monoisotopic (exact) mass is 531 g/mol. The number of phenolic OH excluding ortho intramolecular Hbond substituents is 1. The largest absolute Gasteiger partial charge is 0.508 e. The lowest BCUT2D eigenvalue weighted by Crippen LogP contribution is -2.26. The lowest BCUT2D eigenvalue weighted by atomic mass is 10.0. The fraction of sp³-hybridized carbons (Fsp3) is 0.613. The molecule has 1 N–H and O–H groups in total. The summed E-state index contributed by atoms with van der Waals surface area (Å²) >= 11 is 0. The van der Waals surface area contributed by atoms with Crippen LogP contribution in [-0.2, 0) is 10.0 Å². The van der Waals surface area contributed by atoms with Gasteiger partial charge in [0, 0.05) is 13.1 Å². The van der Waals surface area contributed by atoms with E-state index in [-0.39, 0.29) is 10.6 Å². The van der Waals surface area contributed by atoms with Gasteiger partial charge in [-0.15, -0.1) is 0 Å². The molecule has 0 amide bonds. The molecule has 0 fully saturated rings. The van der Waals surface area contributed by atoms with Crippen LogP contribution in [0.5, 0.6) is 11.5 Å². The van der Waals surface area contributed by atoms with E-state index in [1.807, 2.05) is 0 Å². The molecule has 0 saturated heterocycles. The van der Waals surface area contributed by atoms with Crippen molar-refractivity contribution in [3.63, 3.8) is 0 Å². The Labute approximate surface area is 226 Å². The Kier molecular flexibility index (Phi) is 15.2. The fourth-order valence-electron chi connectivity index (χ4n) is 4.52. The minimum atomic E-state index is -3.72. The maximum atomic E-state index is 13.0. The topological polar surface area (TPSA) is 66.8 Å². The molecule has 37 heavy (non-hydrogen) atoms. The van der Waals surface area contributed by atoms with Crippen molar-refractivity contribution < 1.29 is 18.3 Å². The highest BCUT2D eigenvalue weighted by molar-refractivity contribution is 7.92. The fourth-order valence-corrected chi connectivity index (χ4v) is 5.76. The quantitative estimate of drug-likeness (QED) is 0.163. The van der Waals surface area contributed by atoms with Crippen molar-refractivity contribution in [2.45, 2.75) is 115 Å². The lowest BCUT2D eigenvalue weighted by Gasteiger charge is -2.20. The van der Waals surface area contributed by atoms with Crippen molar-refractivity contribution in [3.05, 3.63) is 48.5 Å². The van der Waals surface area contributed by atoms with Crippen LogP contribution in [0.3, 0.4) is 0 Å². The SMILES string of the molecule is CCCCCCCCCCCCCCCCCCOc1cccc(S(=O)(=O)N(C)c2ccc(O)cc2)c1. The van der Waals surface area contributed by atoms with E-state index in [1.54, 1.807) is 36.4 Å². The highest BCUT2D eigenvalue weighted by atomic mass is 32.2. The van der Waals surface area contributed by atoms with Gasteiger partial charge in [-0.25, -0.2) is 8.42 Å². The molecule has 0 spiro atoms. The number of hydrogen-bond acceptors (Lipinski definition) is 4. The molecular formula is C31H49NO4S. The molecule has 0 aliphatic carbocycles. The molecule has 0 bridgehead atoms. The van der Waals surface area contributed by atoms with Crippen LogP contribution in [-0.4, -0.2) is 27.2 Å². The first-order chi connectivity index (χ1) is 17.9. The molecule has 0 aliphatic rings. The van der Waals surface area contributed by atoms with Crippen LogP contribution in [0.1, 0.15) is 110 Å². The number of hydrogen-bond donors (Lipinski definition) is 1. The summed E-state index contributed by atoms with van der Waals surface area (Å²) < 4.78 is 33.1. The number of sulfonamides is 1. The normalized spacial score (nSPS) is 11.5. The van der Waals surface area contributed by atoms with Gasteiger partial charge in [-0.05, 0) is 42.8 Å². The predicted octanol–water partition coefficient (Wildman–Crippen LogP) is 8.86. The highest BCUT2D eigenvalue weighted by Gasteiger charge is 2.21. The standard InChI is InChI=1S/C31H49NO4S/c1-3-4-5-6-7-8-9-10-11-12-13-14-15-16-17-18-26-36-30-20-19-21-31(27-30)37(34,35)32(2)28-22-24-29(33)25-23-28/h19-25,27,33H,3-18,26H2,1-2H3. The van der Waals surface area contributed by atoms with E-state index in [0.717, 1.165) is 12.8 Å². The second-order valence-electron chi connectivity index (χ2n) is 10.1. The first kappa shape index (κ1) is 31.0. The van der Waals surface area contributed by atoms with Crippen LogP contribution in [0.25, 0.3) is 0 Å². The molecule has 0 radical (unpaired) electrons. The maximum absolute atomic E-state index is 13.0. The molecule has 0 heterocycles. The van der Waals surface area contributed by atoms with Gasteiger partial charge in [0.2, 0.25) is 0 Å². The average Bonchev–Trinajstić information content (AvgIpc) is 2.90. The molecule has 0 aliphatic heterocycles. The summed E-state index contributed by atoms with van der Waals surface area (Å²) in [5.74, 6) is 0.667. The third-order valence-corrected chi connectivity index (χ3v) is 8.73. The van der Waals surface area contributed by atoms with E-state index in [4.69, 9.17) is 4.74 Å². The number of phenols is 1. The first-order valence-electron chi connectivity index (χ1n) is 14.5. The van der Waals surface area contributed by atoms with Gasteiger partial charge in [-0.1, -0.05) is 109 Å². The van der Waals surface area contributed by atoms with Crippen molar-refractivity contribution in [3.8, 4) is 11.5 Å². The van der Waals surface area contributed by atoms with Crippen LogP contribution >= 0.6 is 0 Å². The van der Waals surface area contributed by atoms with Crippen molar-refractivity contribution in [2.24, 2.45) is 0 Å². The minimum absolute atomic E-state index is 0.0963. The summed E-state index contributed by atoms with van der Waals surface area (Å²) in [7, 11) is -2.21. The van der Waals surface area contributed by atoms with Gasteiger partial charge in [0.15, 0.2) is 0 Å². The Morgan fingerprint density at radius 3 is 1.70 bits per heavy atom. The maximum Gasteiger partial charge on any atom is 0.264 e. The predicted molar refractivity (Wildman–Crippen MR) is 155 cm³/mol. The molecule has 0 atom stereocenters. The molecule has 6 heteroatoms. The van der Waals surface area contributed by atoms with Gasteiger partial charge < -0.3 is 9.84 Å². The van der Waals surface area contributed by atoms with E-state index in [1.165, 1.54) is 113 Å². The van der Waals surface area contributed by atoms with Gasteiger partial charge >= 0.3 is 0 Å². The summed E-state index contributed by atoms with van der Waals surface area (Å²) in [6.07, 6.45) is 21.3. The molecular weight excluding hydrogens is 482 g/mol. The summed E-state index contributed by atoms with van der Waals surface area (Å²) in [4.78, 5) is 0.188. The average molecular weight is 532 g/mol. The number of benzene rings is 2. The van der Waals surface area contributed by atoms with E-state index < -0.39 is 10.0 Å². The number of unbranched alkanes of at least 4 members (excludes halogenated alkanes) is 15. The molecule has 5 nitrogen and oxygen atoms in total. The van der Waals surface area contributed by atoms with E-state index >= 15 is 0 Å². The summed E-state index contributed by atoms with van der Waals surface area (Å²) in [5, 5.41) is 9.45. The van der Waals surface area contributed by atoms with Crippen molar-refractivity contribution in [2.75, 3.05) is 18.0 Å². The lowest BCUT2D eigenvalue weighted by molar-refractivity contribution is 0.303. The molecule has 2 aromatic rings. The number of rotatable bonds is 21. The Morgan fingerprint density at radius 2 is 1.19 bits per heavy atom. The van der Waals surface area contributed by atoms with Crippen LogP contribution < -0.4 is 9.04 Å². The molecule has 0 unspecified atom stereocenters. The Balaban J connectivity index is 1.54. The van der Waals surface area contributed by atoms with Gasteiger partial charge in [0.05, 0.1) is 17.2 Å². The number of aromatic hydroxyl groups is 1. The summed E-state index contributed by atoms with van der Waals surface area (Å²) in [6, 6.07) is 12.8. The van der Waals surface area contributed by atoms with E-state index in [9.17, 15) is 13.5 Å². The molecule has 2 rings (SSSR count). The Bertz CT molecular complexity index is 959. The van der Waals surface area contributed by atoms with Crippen LogP contribution in [0, 0.1) is 0 Å². The molecule has 0 aromatic heterocycles. The van der Waals surface area contributed by atoms with Gasteiger partial charge in [0.25, 0.3) is 10.0 Å². The molecule has 0 saturated carbocycles. The van der Waals surface area contributed by atoms with Gasteiger partial charge in [-0.3, -0.25) is 4.31 Å². The third-order valence-electron chi connectivity index (χ3n) is 6.94. The first-order valence-corrected chi connectivity index (χ1v) is 15.9. The minimum Gasteiger partial charge on any atom is -0.508 e. The van der Waals surface area contributed by atoms with Crippen molar-refractivity contribution in [1.29, 1.82) is 0 Å². The number of ether oxygens (including phenoxy) is 1. The van der Waals surface area contributed by atoms with Gasteiger partial charge in [0.1, 0.15) is 11.5 Å². The zero-order valence-electron chi connectivity index (χ0n) is 23.2. The zero-order chi connectivity index (χ0) is 26.8. The summed E-state index contributed by atoms with van der Waals surface area (Å²) in [6.45, 7) is 2.87. The highest BCUT2D eigenvalue weighted by Crippen LogP contribution is 2.26. The second-order valence-corrected chi connectivity index (χ2v) is 12.1. The van der Waals surface area contributed by atoms with Crippen LogP contribution in [0.4, 0.5) is 5.69 Å². The molecule has 208 valence electrons. The number of anilines is 1. The second kappa shape index (κ2) is 18.1. The van der Waals surface area contributed by atoms with Crippen molar-refractivity contribution >= 4 is 15.7 Å². The van der Waals surface area contributed by atoms with E-state index in [0.29, 0.717) is 18.0 Å². The number of nitrogens with zero attached hydrogens (tertiary/aromatic N) is 1. The van der Waals surface area contributed by atoms with Crippen LogP contribution in [0.2, 0.25) is 0 Å². The van der Waals surface area contributed by atoms with Gasteiger partial charge in [-0.2, -0.15) is 0 Å². The van der Waals surface area contributed by atoms with Crippen LogP contribution in [0.15, 0.2) is 53.4 Å². The van der Waals surface area contributed by atoms with E-state index in [2.05, 4.69) is 6.92 Å². The smallest absolute Gasteiger partial charge is 0.264 e. The zero-order valence-corrected chi connectivity index (χ0v) is 24.0.